The van der Waals surface area contributed by atoms with E-state index >= 15 is 0 Å². The van der Waals surface area contributed by atoms with Crippen LogP contribution in [-0.4, -0.2) is 27.2 Å². The molecule has 0 amide bonds. The van der Waals surface area contributed by atoms with Crippen molar-refractivity contribution in [2.75, 3.05) is 32.1 Å². The number of rotatable bonds is 4. The van der Waals surface area contributed by atoms with Gasteiger partial charge in [0.05, 0.1) is 5.69 Å². The van der Waals surface area contributed by atoms with Crippen molar-refractivity contribution in [1.29, 1.82) is 0 Å². The van der Waals surface area contributed by atoms with E-state index in [1.807, 2.05) is 13.1 Å². The first-order chi connectivity index (χ1) is 6.25. The summed E-state index contributed by atoms with van der Waals surface area (Å²) in [5.41, 5.74) is 1.23. The van der Waals surface area contributed by atoms with Crippen LogP contribution in [0.3, 0.4) is 0 Å². The first kappa shape index (κ1) is 10.5. The summed E-state index contributed by atoms with van der Waals surface area (Å²) in [5, 5.41) is 3.13. The molecule has 0 unspecified atom stereocenters. The molecular formula is C10H15BrN2. The molecular weight excluding hydrogens is 228 g/mol. The summed E-state index contributed by atoms with van der Waals surface area (Å²) in [6, 6.07) is 8.25. The monoisotopic (exact) mass is 242 g/mol. The van der Waals surface area contributed by atoms with Gasteiger partial charge >= 0.3 is 0 Å². The summed E-state index contributed by atoms with van der Waals surface area (Å²) in [6.07, 6.45) is 0. The maximum absolute atomic E-state index is 3.53. The van der Waals surface area contributed by atoms with Crippen molar-refractivity contribution in [2.24, 2.45) is 0 Å². The summed E-state index contributed by atoms with van der Waals surface area (Å²) in [6.45, 7) is 2.01. The van der Waals surface area contributed by atoms with Crippen molar-refractivity contribution in [2.45, 2.75) is 0 Å². The SMILES string of the molecule is CNCCN(C)c1ccccc1Br. The number of anilines is 1. The second kappa shape index (κ2) is 5.25. The molecule has 0 aromatic heterocycles. The zero-order valence-electron chi connectivity index (χ0n) is 8.05. The van der Waals surface area contributed by atoms with Gasteiger partial charge in [-0.25, -0.2) is 0 Å². The topological polar surface area (TPSA) is 15.3 Å². The molecule has 0 aliphatic rings. The molecule has 72 valence electrons. The van der Waals surface area contributed by atoms with Crippen LogP contribution >= 0.6 is 15.9 Å². The van der Waals surface area contributed by atoms with E-state index in [-0.39, 0.29) is 0 Å². The van der Waals surface area contributed by atoms with Gasteiger partial charge in [0.2, 0.25) is 0 Å². The van der Waals surface area contributed by atoms with Gasteiger partial charge in [0, 0.05) is 24.6 Å². The van der Waals surface area contributed by atoms with Gasteiger partial charge in [0.25, 0.3) is 0 Å². The van der Waals surface area contributed by atoms with Crippen molar-refractivity contribution < 1.29 is 0 Å². The number of halogens is 1. The third kappa shape index (κ3) is 3.01. The van der Waals surface area contributed by atoms with Gasteiger partial charge in [0.15, 0.2) is 0 Å². The number of hydrogen-bond acceptors (Lipinski definition) is 2. The lowest BCUT2D eigenvalue weighted by Gasteiger charge is -2.20. The van der Waals surface area contributed by atoms with Crippen LogP contribution in [0.1, 0.15) is 0 Å². The third-order valence-corrected chi connectivity index (χ3v) is 2.63. The van der Waals surface area contributed by atoms with E-state index in [2.05, 4.69) is 51.4 Å². The Hall–Kier alpha value is -0.540. The van der Waals surface area contributed by atoms with Crippen LogP contribution in [0, 0.1) is 0 Å². The summed E-state index contributed by atoms with van der Waals surface area (Å²) in [5.74, 6) is 0. The number of likely N-dealkylation sites (N-methyl/N-ethyl adjacent to an activating group) is 2. The molecule has 0 aliphatic heterocycles. The highest BCUT2D eigenvalue weighted by Crippen LogP contribution is 2.23. The fourth-order valence-corrected chi connectivity index (χ4v) is 1.75. The molecule has 0 atom stereocenters. The highest BCUT2D eigenvalue weighted by atomic mass is 79.9. The van der Waals surface area contributed by atoms with Crippen molar-refractivity contribution in [3.63, 3.8) is 0 Å². The van der Waals surface area contributed by atoms with Gasteiger partial charge in [-0.3, -0.25) is 0 Å². The Morgan fingerprint density at radius 3 is 2.69 bits per heavy atom. The van der Waals surface area contributed by atoms with Gasteiger partial charge in [-0.05, 0) is 35.1 Å². The van der Waals surface area contributed by atoms with E-state index in [9.17, 15) is 0 Å². The largest absolute Gasteiger partial charge is 0.372 e. The highest BCUT2D eigenvalue weighted by Gasteiger charge is 2.02. The summed E-state index contributed by atoms with van der Waals surface area (Å²) < 4.78 is 1.15. The first-order valence-corrected chi connectivity index (χ1v) is 5.15. The minimum Gasteiger partial charge on any atom is -0.372 e. The van der Waals surface area contributed by atoms with Crippen molar-refractivity contribution in [3.8, 4) is 0 Å². The number of benzene rings is 1. The minimum atomic E-state index is 0.998. The Bertz CT molecular complexity index is 263. The maximum Gasteiger partial charge on any atom is 0.0508 e. The van der Waals surface area contributed by atoms with E-state index in [0.29, 0.717) is 0 Å². The predicted octanol–water partition coefficient (Wildman–Crippen LogP) is 2.10. The second-order valence-electron chi connectivity index (χ2n) is 2.98. The molecule has 0 fully saturated rings. The van der Waals surface area contributed by atoms with Crippen LogP contribution in [-0.2, 0) is 0 Å². The number of para-hydroxylation sites is 1. The standard InChI is InChI=1S/C10H15BrN2/c1-12-7-8-13(2)10-6-4-3-5-9(10)11/h3-6,12H,7-8H2,1-2H3. The molecule has 0 saturated heterocycles. The fraction of sp³-hybridized carbons (Fsp3) is 0.400. The van der Waals surface area contributed by atoms with Gasteiger partial charge in [0.1, 0.15) is 0 Å². The van der Waals surface area contributed by atoms with E-state index in [1.54, 1.807) is 0 Å². The minimum absolute atomic E-state index is 0.998. The Labute approximate surface area is 88.1 Å². The summed E-state index contributed by atoms with van der Waals surface area (Å²) >= 11 is 3.53. The number of nitrogens with zero attached hydrogens (tertiary/aromatic N) is 1. The number of nitrogens with one attached hydrogen (secondary N) is 1. The molecule has 1 N–H and O–H groups in total. The smallest absolute Gasteiger partial charge is 0.0508 e. The average molecular weight is 243 g/mol. The zero-order chi connectivity index (χ0) is 9.68. The van der Waals surface area contributed by atoms with Gasteiger partial charge in [-0.15, -0.1) is 0 Å². The van der Waals surface area contributed by atoms with Crippen LogP contribution in [0.15, 0.2) is 28.7 Å². The lowest BCUT2D eigenvalue weighted by Crippen LogP contribution is -2.27. The molecule has 1 aromatic carbocycles. The lowest BCUT2D eigenvalue weighted by atomic mass is 10.3. The molecule has 0 saturated carbocycles. The average Bonchev–Trinajstić information content (AvgIpc) is 2.15. The molecule has 2 nitrogen and oxygen atoms in total. The molecule has 0 spiro atoms. The third-order valence-electron chi connectivity index (χ3n) is 1.96. The first-order valence-electron chi connectivity index (χ1n) is 4.36. The maximum atomic E-state index is 3.53. The van der Waals surface area contributed by atoms with Crippen LogP contribution in [0.4, 0.5) is 5.69 Å². The summed E-state index contributed by atoms with van der Waals surface area (Å²) in [7, 11) is 4.06. The van der Waals surface area contributed by atoms with Gasteiger partial charge in [-0.2, -0.15) is 0 Å². The van der Waals surface area contributed by atoms with Crippen LogP contribution in [0.25, 0.3) is 0 Å². The Morgan fingerprint density at radius 2 is 2.08 bits per heavy atom. The van der Waals surface area contributed by atoms with E-state index in [0.717, 1.165) is 17.6 Å². The van der Waals surface area contributed by atoms with Crippen molar-refractivity contribution in [1.82, 2.24) is 5.32 Å². The van der Waals surface area contributed by atoms with Crippen LogP contribution < -0.4 is 10.2 Å². The molecule has 1 rings (SSSR count). The zero-order valence-corrected chi connectivity index (χ0v) is 9.63. The Balaban J connectivity index is 2.65. The molecule has 13 heavy (non-hydrogen) atoms. The quantitative estimate of drug-likeness (QED) is 0.871. The van der Waals surface area contributed by atoms with Crippen molar-refractivity contribution in [3.05, 3.63) is 28.7 Å². The van der Waals surface area contributed by atoms with E-state index in [4.69, 9.17) is 0 Å². The Morgan fingerprint density at radius 1 is 1.38 bits per heavy atom. The van der Waals surface area contributed by atoms with E-state index in [1.165, 1.54) is 5.69 Å². The highest BCUT2D eigenvalue weighted by molar-refractivity contribution is 9.10. The van der Waals surface area contributed by atoms with E-state index < -0.39 is 0 Å². The lowest BCUT2D eigenvalue weighted by molar-refractivity contribution is 0.767. The normalized spacial score (nSPS) is 10.1. The summed E-state index contributed by atoms with van der Waals surface area (Å²) in [4.78, 5) is 2.22. The molecule has 3 heteroatoms. The second-order valence-corrected chi connectivity index (χ2v) is 3.83. The molecule has 0 bridgehead atoms. The number of hydrogen-bond donors (Lipinski definition) is 1. The fourth-order valence-electron chi connectivity index (χ4n) is 1.16. The van der Waals surface area contributed by atoms with Gasteiger partial charge < -0.3 is 10.2 Å². The predicted molar refractivity (Wildman–Crippen MR) is 61.3 cm³/mol. The van der Waals surface area contributed by atoms with Gasteiger partial charge in [-0.1, -0.05) is 12.1 Å². The molecule has 0 radical (unpaired) electrons. The van der Waals surface area contributed by atoms with Crippen molar-refractivity contribution >= 4 is 21.6 Å². The Kier molecular flexibility index (Phi) is 4.25. The molecule has 1 aromatic rings. The molecule has 0 heterocycles. The molecule has 0 aliphatic carbocycles. The van der Waals surface area contributed by atoms with Crippen LogP contribution in [0.2, 0.25) is 0 Å². The van der Waals surface area contributed by atoms with Crippen LogP contribution in [0.5, 0.6) is 0 Å².